The molecule has 2 aliphatic rings. The highest BCUT2D eigenvalue weighted by Gasteiger charge is 2.45. The van der Waals surface area contributed by atoms with Gasteiger partial charge in [-0.15, -0.1) is 0 Å². The standard InChI is InChI=1S/C26H28FN7/c1-17(2)33-15-21-12-20(33)16-34(21)26-31-23(13-25-29-9-10-32(25)26)18-7-8-28-24(11-18)30-14-19-5-3-4-6-22(19)27/h3-11,13,17,20-21H,12,14-16H2,1-2H3,(H,28,30). The van der Waals surface area contributed by atoms with Crippen LogP contribution in [-0.2, 0) is 6.54 Å². The highest BCUT2D eigenvalue weighted by atomic mass is 19.1. The zero-order valence-electron chi connectivity index (χ0n) is 19.4. The first kappa shape index (κ1) is 21.0. The van der Waals surface area contributed by atoms with Crippen LogP contribution in [0.2, 0.25) is 0 Å². The molecule has 1 aromatic carbocycles. The molecular formula is C26H28FN7. The Bertz CT molecular complexity index is 1330. The fraction of sp³-hybridized carbons (Fsp3) is 0.346. The van der Waals surface area contributed by atoms with E-state index in [1.165, 1.54) is 12.5 Å². The van der Waals surface area contributed by atoms with E-state index in [4.69, 9.17) is 4.98 Å². The lowest BCUT2D eigenvalue weighted by Gasteiger charge is -2.37. The molecule has 2 aliphatic heterocycles. The number of benzene rings is 1. The van der Waals surface area contributed by atoms with Gasteiger partial charge < -0.3 is 10.2 Å². The van der Waals surface area contributed by atoms with Gasteiger partial charge in [-0.25, -0.2) is 19.3 Å². The van der Waals surface area contributed by atoms with Crippen LogP contribution in [0, 0.1) is 5.82 Å². The number of aromatic nitrogens is 4. The van der Waals surface area contributed by atoms with Gasteiger partial charge in [0.05, 0.1) is 5.69 Å². The molecular weight excluding hydrogens is 429 g/mol. The predicted molar refractivity (Wildman–Crippen MR) is 131 cm³/mol. The number of pyridine rings is 1. The van der Waals surface area contributed by atoms with Crippen molar-refractivity contribution in [3.8, 4) is 11.3 Å². The van der Waals surface area contributed by atoms with Gasteiger partial charge in [-0.1, -0.05) is 18.2 Å². The molecule has 2 unspecified atom stereocenters. The van der Waals surface area contributed by atoms with Gasteiger partial charge in [-0.3, -0.25) is 9.30 Å². The van der Waals surface area contributed by atoms with Crippen LogP contribution in [0.25, 0.3) is 16.9 Å². The molecule has 5 heterocycles. The number of fused-ring (bicyclic) bond motifs is 3. The normalized spacial score (nSPS) is 20.1. The molecule has 2 fully saturated rings. The van der Waals surface area contributed by atoms with Crippen LogP contribution in [0.15, 0.2) is 61.1 Å². The summed E-state index contributed by atoms with van der Waals surface area (Å²) in [6.07, 6.45) is 6.75. The number of rotatable bonds is 6. The maximum atomic E-state index is 14.0. The van der Waals surface area contributed by atoms with Crippen molar-refractivity contribution < 1.29 is 4.39 Å². The summed E-state index contributed by atoms with van der Waals surface area (Å²) in [4.78, 5) is 19.1. The largest absolute Gasteiger partial charge is 0.366 e. The summed E-state index contributed by atoms with van der Waals surface area (Å²) in [5.41, 5.74) is 3.29. The van der Waals surface area contributed by atoms with Crippen molar-refractivity contribution in [2.24, 2.45) is 0 Å². The average molecular weight is 458 g/mol. The maximum absolute atomic E-state index is 14.0. The molecule has 2 saturated heterocycles. The molecule has 34 heavy (non-hydrogen) atoms. The maximum Gasteiger partial charge on any atom is 0.212 e. The van der Waals surface area contributed by atoms with Gasteiger partial charge in [0.1, 0.15) is 17.3 Å². The van der Waals surface area contributed by atoms with Gasteiger partial charge in [0.2, 0.25) is 5.95 Å². The molecule has 0 saturated carbocycles. The Morgan fingerprint density at radius 1 is 1.06 bits per heavy atom. The molecule has 3 aromatic heterocycles. The molecule has 6 rings (SSSR count). The quantitative estimate of drug-likeness (QED) is 0.468. The Morgan fingerprint density at radius 2 is 1.94 bits per heavy atom. The Morgan fingerprint density at radius 3 is 2.74 bits per heavy atom. The minimum absolute atomic E-state index is 0.224. The van der Waals surface area contributed by atoms with Gasteiger partial charge in [0.25, 0.3) is 0 Å². The van der Waals surface area contributed by atoms with Crippen LogP contribution in [0.1, 0.15) is 25.8 Å². The summed E-state index contributed by atoms with van der Waals surface area (Å²) in [6.45, 7) is 6.98. The number of nitrogens with zero attached hydrogens (tertiary/aromatic N) is 6. The topological polar surface area (TPSA) is 61.6 Å². The van der Waals surface area contributed by atoms with Gasteiger partial charge in [0.15, 0.2) is 0 Å². The van der Waals surface area contributed by atoms with Crippen molar-refractivity contribution >= 4 is 17.4 Å². The van der Waals surface area contributed by atoms with Crippen molar-refractivity contribution in [3.05, 3.63) is 72.4 Å². The third kappa shape index (κ3) is 3.68. The summed E-state index contributed by atoms with van der Waals surface area (Å²) in [7, 11) is 0. The lowest BCUT2D eigenvalue weighted by atomic mass is 10.1. The third-order valence-electron chi connectivity index (χ3n) is 7.05. The minimum atomic E-state index is -0.224. The van der Waals surface area contributed by atoms with Gasteiger partial charge in [0, 0.05) is 73.5 Å². The zero-order chi connectivity index (χ0) is 23.2. The van der Waals surface area contributed by atoms with E-state index in [-0.39, 0.29) is 5.82 Å². The van der Waals surface area contributed by atoms with E-state index in [2.05, 4.69) is 43.3 Å². The van der Waals surface area contributed by atoms with E-state index < -0.39 is 0 Å². The summed E-state index contributed by atoms with van der Waals surface area (Å²) in [5.74, 6) is 1.40. The highest BCUT2D eigenvalue weighted by Crippen LogP contribution is 2.36. The van der Waals surface area contributed by atoms with Gasteiger partial charge >= 0.3 is 0 Å². The molecule has 8 heteroatoms. The third-order valence-corrected chi connectivity index (χ3v) is 7.05. The number of piperazine rings is 1. The van der Waals surface area contributed by atoms with Crippen LogP contribution >= 0.6 is 0 Å². The Hall–Kier alpha value is -3.52. The molecule has 0 aliphatic carbocycles. The van der Waals surface area contributed by atoms with Crippen molar-refractivity contribution in [1.29, 1.82) is 0 Å². The molecule has 2 atom stereocenters. The number of hydrogen-bond donors (Lipinski definition) is 1. The molecule has 174 valence electrons. The fourth-order valence-electron chi connectivity index (χ4n) is 5.35. The lowest BCUT2D eigenvalue weighted by Crippen LogP contribution is -2.49. The number of nitrogens with one attached hydrogen (secondary N) is 1. The van der Waals surface area contributed by atoms with Gasteiger partial charge in [-0.05, 0) is 38.5 Å². The van der Waals surface area contributed by atoms with Crippen LogP contribution in [0.4, 0.5) is 16.2 Å². The van der Waals surface area contributed by atoms with Crippen LogP contribution in [-0.4, -0.2) is 55.5 Å². The number of halogens is 1. The minimum Gasteiger partial charge on any atom is -0.366 e. The predicted octanol–water partition coefficient (Wildman–Crippen LogP) is 4.21. The summed E-state index contributed by atoms with van der Waals surface area (Å²) >= 11 is 0. The Kier molecular flexibility index (Phi) is 5.17. The number of imidazole rings is 1. The number of hydrogen-bond acceptors (Lipinski definition) is 6. The summed E-state index contributed by atoms with van der Waals surface area (Å²) < 4.78 is 16.1. The van der Waals surface area contributed by atoms with E-state index >= 15 is 0 Å². The van der Waals surface area contributed by atoms with Crippen molar-refractivity contribution in [2.75, 3.05) is 23.3 Å². The second-order valence-corrected chi connectivity index (χ2v) is 9.46. The molecule has 0 spiro atoms. The van der Waals surface area contributed by atoms with Crippen molar-refractivity contribution in [2.45, 2.75) is 44.9 Å². The number of likely N-dealkylation sites (tertiary alicyclic amines) is 1. The molecule has 0 radical (unpaired) electrons. The van der Waals surface area contributed by atoms with E-state index in [1.54, 1.807) is 18.3 Å². The average Bonchev–Trinajstić information content (AvgIpc) is 3.59. The Labute approximate surface area is 198 Å². The van der Waals surface area contributed by atoms with Crippen molar-refractivity contribution in [3.63, 3.8) is 0 Å². The number of anilines is 2. The summed E-state index contributed by atoms with van der Waals surface area (Å²) in [5, 5.41) is 3.24. The first-order chi connectivity index (χ1) is 16.6. The zero-order valence-corrected chi connectivity index (χ0v) is 19.4. The molecule has 0 amide bonds. The molecule has 4 aromatic rings. The highest BCUT2D eigenvalue weighted by molar-refractivity contribution is 5.68. The molecule has 2 bridgehead atoms. The van der Waals surface area contributed by atoms with Crippen LogP contribution in [0.3, 0.4) is 0 Å². The first-order valence-electron chi connectivity index (χ1n) is 11.9. The van der Waals surface area contributed by atoms with Gasteiger partial charge in [-0.2, -0.15) is 0 Å². The second-order valence-electron chi connectivity index (χ2n) is 9.46. The summed E-state index contributed by atoms with van der Waals surface area (Å²) in [6, 6.07) is 14.3. The van der Waals surface area contributed by atoms with E-state index in [9.17, 15) is 4.39 Å². The van der Waals surface area contributed by atoms with E-state index in [1.807, 2.05) is 36.7 Å². The smallest absolute Gasteiger partial charge is 0.212 e. The Balaban J connectivity index is 1.30. The second kappa shape index (κ2) is 8.36. The van der Waals surface area contributed by atoms with Crippen LogP contribution in [0.5, 0.6) is 0 Å². The molecule has 7 nitrogen and oxygen atoms in total. The lowest BCUT2D eigenvalue weighted by molar-refractivity contribution is 0.190. The van der Waals surface area contributed by atoms with E-state index in [0.717, 1.165) is 35.9 Å². The van der Waals surface area contributed by atoms with Crippen molar-refractivity contribution in [1.82, 2.24) is 24.3 Å². The first-order valence-corrected chi connectivity index (χ1v) is 11.9. The fourth-order valence-corrected chi connectivity index (χ4v) is 5.35. The van der Waals surface area contributed by atoms with E-state index in [0.29, 0.717) is 36.1 Å². The monoisotopic (exact) mass is 457 g/mol. The molecule has 1 N–H and O–H groups in total. The SMILES string of the molecule is CC(C)N1CC2CC1CN2c1nc(-c2ccnc(NCc3ccccc3F)c2)cc2nccn12. The van der Waals surface area contributed by atoms with Crippen LogP contribution < -0.4 is 10.2 Å².